The van der Waals surface area contributed by atoms with Gasteiger partial charge in [0, 0.05) is 17.8 Å². The second kappa shape index (κ2) is 13.6. The van der Waals surface area contributed by atoms with E-state index in [-0.39, 0.29) is 25.0 Å². The van der Waals surface area contributed by atoms with Crippen LogP contribution in [0.1, 0.15) is 30.4 Å². The summed E-state index contributed by atoms with van der Waals surface area (Å²) in [5.74, 6) is -0.277. The van der Waals surface area contributed by atoms with Gasteiger partial charge >= 0.3 is 12.1 Å². The number of ether oxygens (including phenoxy) is 2. The Kier molecular flexibility index (Phi) is 10.6. The van der Waals surface area contributed by atoms with Crippen molar-refractivity contribution in [2.24, 2.45) is 0 Å². The Hall–Kier alpha value is -2.60. The number of alkyl carbamates (subject to hydrolysis) is 1. The topological polar surface area (TPSA) is 64.6 Å². The lowest BCUT2D eigenvalue weighted by Gasteiger charge is -2.17. The molecule has 0 bridgehead atoms. The fourth-order valence-corrected chi connectivity index (χ4v) is 2.79. The summed E-state index contributed by atoms with van der Waals surface area (Å²) in [7, 11) is 0. The van der Waals surface area contributed by atoms with Gasteiger partial charge in [0.25, 0.3) is 0 Å². The SMILES string of the molecule is O=C(CCC(C/C=C\c1ccccc1)NC(=O)OCc1ccccc1)OCCBr. The summed E-state index contributed by atoms with van der Waals surface area (Å²) in [5.41, 5.74) is 2.00. The van der Waals surface area contributed by atoms with Crippen molar-refractivity contribution in [3.63, 3.8) is 0 Å². The third-order valence-electron chi connectivity index (χ3n) is 4.10. The Bertz CT molecular complexity index is 765. The number of benzene rings is 2. The first kappa shape index (κ1) is 22.7. The highest BCUT2D eigenvalue weighted by molar-refractivity contribution is 9.09. The van der Waals surface area contributed by atoms with Crippen LogP contribution in [0.25, 0.3) is 6.08 Å². The van der Waals surface area contributed by atoms with Crippen LogP contribution in [0, 0.1) is 0 Å². The van der Waals surface area contributed by atoms with Crippen molar-refractivity contribution in [2.45, 2.75) is 31.9 Å². The van der Waals surface area contributed by atoms with Gasteiger partial charge in [0.05, 0.1) is 0 Å². The van der Waals surface area contributed by atoms with E-state index in [1.54, 1.807) is 0 Å². The molecular weight excluding hydrogens is 434 g/mol. The standard InChI is InChI=1S/C23H26BrNO4/c24-16-17-28-22(26)15-14-21(13-7-12-19-8-3-1-4-9-19)25-23(27)29-18-20-10-5-2-6-11-20/h1-12,21H,13-18H2,(H,25,27)/b12-7-. The number of esters is 1. The maximum absolute atomic E-state index is 12.2. The van der Waals surface area contributed by atoms with Crippen LogP contribution < -0.4 is 5.32 Å². The second-order valence-corrected chi connectivity index (χ2v) is 7.19. The van der Waals surface area contributed by atoms with Gasteiger partial charge in [0.15, 0.2) is 0 Å². The third-order valence-corrected chi connectivity index (χ3v) is 4.43. The molecule has 0 spiro atoms. The van der Waals surface area contributed by atoms with E-state index in [4.69, 9.17) is 9.47 Å². The molecule has 0 saturated heterocycles. The van der Waals surface area contributed by atoms with Gasteiger partial charge in [0.2, 0.25) is 0 Å². The summed E-state index contributed by atoms with van der Waals surface area (Å²) in [6.07, 6.45) is 4.77. The molecule has 0 aliphatic heterocycles. The smallest absolute Gasteiger partial charge is 0.407 e. The number of amides is 1. The largest absolute Gasteiger partial charge is 0.465 e. The molecular formula is C23H26BrNO4. The molecule has 1 unspecified atom stereocenters. The van der Waals surface area contributed by atoms with Crippen LogP contribution in [0.15, 0.2) is 66.7 Å². The van der Waals surface area contributed by atoms with Gasteiger partial charge in [-0.3, -0.25) is 4.79 Å². The Morgan fingerprint density at radius 3 is 2.38 bits per heavy atom. The molecule has 29 heavy (non-hydrogen) atoms. The van der Waals surface area contributed by atoms with Gasteiger partial charge < -0.3 is 14.8 Å². The fraction of sp³-hybridized carbons (Fsp3) is 0.304. The molecule has 0 saturated carbocycles. The van der Waals surface area contributed by atoms with E-state index in [0.717, 1.165) is 11.1 Å². The number of hydrogen-bond acceptors (Lipinski definition) is 4. The number of carbonyl (C=O) groups is 2. The van der Waals surface area contributed by atoms with Crippen molar-refractivity contribution in [1.29, 1.82) is 0 Å². The van der Waals surface area contributed by atoms with Crippen LogP contribution in [-0.4, -0.2) is 30.0 Å². The van der Waals surface area contributed by atoms with E-state index in [1.165, 1.54) is 0 Å². The average Bonchev–Trinajstić information content (AvgIpc) is 2.76. The molecule has 2 rings (SSSR count). The molecule has 0 radical (unpaired) electrons. The molecule has 0 aliphatic rings. The van der Waals surface area contributed by atoms with Crippen LogP contribution >= 0.6 is 15.9 Å². The average molecular weight is 460 g/mol. The van der Waals surface area contributed by atoms with Gasteiger partial charge in [-0.1, -0.05) is 88.7 Å². The van der Waals surface area contributed by atoms with Gasteiger partial charge in [-0.05, 0) is 24.0 Å². The van der Waals surface area contributed by atoms with Crippen LogP contribution in [0.2, 0.25) is 0 Å². The molecule has 5 nitrogen and oxygen atoms in total. The maximum atomic E-state index is 12.2. The highest BCUT2D eigenvalue weighted by Gasteiger charge is 2.15. The molecule has 6 heteroatoms. The van der Waals surface area contributed by atoms with Crippen molar-refractivity contribution in [3.05, 3.63) is 77.9 Å². The van der Waals surface area contributed by atoms with Crippen molar-refractivity contribution in [3.8, 4) is 0 Å². The van der Waals surface area contributed by atoms with E-state index < -0.39 is 6.09 Å². The van der Waals surface area contributed by atoms with Crippen molar-refractivity contribution >= 4 is 34.1 Å². The molecule has 2 aromatic rings. The summed E-state index contributed by atoms with van der Waals surface area (Å²) in [6, 6.07) is 19.2. The number of rotatable bonds is 11. The minimum Gasteiger partial charge on any atom is -0.465 e. The predicted molar refractivity (Wildman–Crippen MR) is 118 cm³/mol. The first-order chi connectivity index (χ1) is 14.2. The lowest BCUT2D eigenvalue weighted by Crippen LogP contribution is -2.35. The number of hydrogen-bond donors (Lipinski definition) is 1. The van der Waals surface area contributed by atoms with Crippen LogP contribution in [0.4, 0.5) is 4.79 Å². The number of nitrogens with one attached hydrogen (secondary N) is 1. The van der Waals surface area contributed by atoms with E-state index >= 15 is 0 Å². The monoisotopic (exact) mass is 459 g/mol. The van der Waals surface area contributed by atoms with Crippen LogP contribution in [0.5, 0.6) is 0 Å². The van der Waals surface area contributed by atoms with E-state index in [9.17, 15) is 9.59 Å². The van der Waals surface area contributed by atoms with Crippen molar-refractivity contribution in [2.75, 3.05) is 11.9 Å². The molecule has 2 aromatic carbocycles. The summed E-state index contributed by atoms with van der Waals surface area (Å²) < 4.78 is 10.4. The Labute approximate surface area is 180 Å². The van der Waals surface area contributed by atoms with E-state index in [2.05, 4.69) is 21.2 Å². The van der Waals surface area contributed by atoms with Gasteiger partial charge in [-0.2, -0.15) is 0 Å². The lowest BCUT2D eigenvalue weighted by atomic mass is 10.1. The summed E-state index contributed by atoms with van der Waals surface area (Å²) in [5, 5.41) is 3.46. The first-order valence-electron chi connectivity index (χ1n) is 9.58. The predicted octanol–water partition coefficient (Wildman–Crippen LogP) is 5.10. The normalized spacial score (nSPS) is 11.8. The van der Waals surface area contributed by atoms with Crippen molar-refractivity contribution in [1.82, 2.24) is 5.32 Å². The zero-order chi connectivity index (χ0) is 20.7. The molecule has 0 aliphatic carbocycles. The lowest BCUT2D eigenvalue weighted by molar-refractivity contribution is -0.143. The van der Waals surface area contributed by atoms with Crippen LogP contribution in [0.3, 0.4) is 0 Å². The summed E-state index contributed by atoms with van der Waals surface area (Å²) in [4.78, 5) is 24.0. The zero-order valence-electron chi connectivity index (χ0n) is 16.3. The minimum absolute atomic E-state index is 0.201. The Morgan fingerprint density at radius 1 is 1.00 bits per heavy atom. The van der Waals surface area contributed by atoms with Gasteiger partial charge in [0.1, 0.15) is 13.2 Å². The number of carbonyl (C=O) groups excluding carboxylic acids is 2. The molecule has 0 aromatic heterocycles. The van der Waals surface area contributed by atoms with Crippen molar-refractivity contribution < 1.29 is 19.1 Å². The van der Waals surface area contributed by atoms with E-state index in [0.29, 0.717) is 24.8 Å². The molecule has 0 heterocycles. The zero-order valence-corrected chi connectivity index (χ0v) is 17.8. The highest BCUT2D eigenvalue weighted by Crippen LogP contribution is 2.09. The fourth-order valence-electron chi connectivity index (χ4n) is 2.63. The number of halogens is 1. The van der Waals surface area contributed by atoms with E-state index in [1.807, 2.05) is 72.8 Å². The van der Waals surface area contributed by atoms with Gasteiger partial charge in [-0.15, -0.1) is 0 Å². The Balaban J connectivity index is 1.87. The molecule has 1 atom stereocenters. The second-order valence-electron chi connectivity index (χ2n) is 6.40. The first-order valence-corrected chi connectivity index (χ1v) is 10.7. The Morgan fingerprint density at radius 2 is 1.69 bits per heavy atom. The maximum Gasteiger partial charge on any atom is 0.407 e. The molecule has 0 fully saturated rings. The summed E-state index contributed by atoms with van der Waals surface area (Å²) in [6.45, 7) is 0.538. The molecule has 1 amide bonds. The van der Waals surface area contributed by atoms with Gasteiger partial charge in [-0.25, -0.2) is 4.79 Å². The summed E-state index contributed by atoms with van der Waals surface area (Å²) >= 11 is 3.22. The third kappa shape index (κ3) is 9.94. The highest BCUT2D eigenvalue weighted by atomic mass is 79.9. The van der Waals surface area contributed by atoms with Crippen LogP contribution in [-0.2, 0) is 20.9 Å². The molecule has 154 valence electrons. The minimum atomic E-state index is -0.499. The molecule has 1 N–H and O–H groups in total. The quantitative estimate of drug-likeness (QED) is 0.374. The number of alkyl halides is 1.